The maximum Gasteiger partial charge on any atom is 0.243 e. The first-order valence-corrected chi connectivity index (χ1v) is 9.69. The van der Waals surface area contributed by atoms with Crippen LogP contribution in [-0.4, -0.2) is 18.3 Å². The molecule has 0 aliphatic rings. The molecule has 10 heteroatoms. The smallest absolute Gasteiger partial charge is 0.243 e. The minimum Gasteiger partial charge on any atom is -0.404 e. The standard InChI is InChI=1S/C20H13ClFIN3O3.W/c1-25(14-5-3-2-4-6-14)20-17(26(28)29)9-12(11-27)19(18(20)22)24-16-8-7-13(23)10-15(16)21;/h2-10,24H,1H3;/q-1;. The zero-order valence-corrected chi connectivity index (χ0v) is 21.2. The van der Waals surface area contributed by atoms with Crippen LogP contribution in [0.25, 0.3) is 0 Å². The van der Waals surface area contributed by atoms with Crippen molar-refractivity contribution in [2.75, 3.05) is 17.3 Å². The van der Waals surface area contributed by atoms with Crippen molar-refractivity contribution in [3.8, 4) is 0 Å². The summed E-state index contributed by atoms with van der Waals surface area (Å²) >= 11 is 8.28. The molecule has 0 heterocycles. The number of para-hydroxylation sites is 1. The van der Waals surface area contributed by atoms with Gasteiger partial charge >= 0.3 is 0 Å². The quantitative estimate of drug-likeness (QED) is 0.148. The fourth-order valence-electron chi connectivity index (χ4n) is 2.79. The molecule has 0 aliphatic heterocycles. The van der Waals surface area contributed by atoms with Crippen LogP contribution in [0.2, 0.25) is 5.02 Å². The van der Waals surface area contributed by atoms with Gasteiger partial charge in [-0.25, -0.2) is 4.39 Å². The molecule has 0 aromatic heterocycles. The van der Waals surface area contributed by atoms with Gasteiger partial charge in [0.05, 0.1) is 16.2 Å². The van der Waals surface area contributed by atoms with Crippen LogP contribution in [0, 0.1) is 19.5 Å². The SMILES string of the molecule is CN(c1ccccc1)c1c([N+](=O)[O-])cc([C-]=O)c(Nc2ccc(I)cc2Cl)c1F.[W]. The van der Waals surface area contributed by atoms with Crippen molar-refractivity contribution < 1.29 is 35.2 Å². The van der Waals surface area contributed by atoms with Gasteiger partial charge in [-0.1, -0.05) is 35.9 Å². The zero-order chi connectivity index (χ0) is 21.1. The van der Waals surface area contributed by atoms with Gasteiger partial charge in [0.25, 0.3) is 0 Å². The monoisotopic (exact) mass is 708 g/mol. The van der Waals surface area contributed by atoms with Gasteiger partial charge in [0.1, 0.15) is 11.5 Å². The van der Waals surface area contributed by atoms with Gasteiger partial charge in [-0.15, -0.1) is 5.56 Å². The second-order valence-corrected chi connectivity index (χ2v) is 7.64. The van der Waals surface area contributed by atoms with Crippen LogP contribution in [0.4, 0.5) is 32.8 Å². The molecule has 0 atom stereocenters. The Hall–Kier alpha value is -2.03. The minimum absolute atomic E-state index is 0. The topological polar surface area (TPSA) is 75.5 Å². The molecule has 0 radical (unpaired) electrons. The maximum atomic E-state index is 15.5. The van der Waals surface area contributed by atoms with Crippen molar-refractivity contribution in [1.29, 1.82) is 0 Å². The van der Waals surface area contributed by atoms with Crippen LogP contribution in [0.15, 0.2) is 54.6 Å². The molecule has 154 valence electrons. The summed E-state index contributed by atoms with van der Waals surface area (Å²) in [6.45, 7) is 0. The van der Waals surface area contributed by atoms with Gasteiger partial charge in [-0.05, 0) is 58.6 Å². The number of nitro groups is 1. The third-order valence-corrected chi connectivity index (χ3v) is 5.18. The molecule has 0 saturated carbocycles. The fourth-order valence-corrected chi connectivity index (χ4v) is 3.70. The molecule has 0 spiro atoms. The number of nitrogens with zero attached hydrogens (tertiary/aromatic N) is 2. The summed E-state index contributed by atoms with van der Waals surface area (Å²) in [7, 11) is 1.51. The van der Waals surface area contributed by atoms with E-state index in [9.17, 15) is 14.9 Å². The average Bonchev–Trinajstić information content (AvgIpc) is 2.70. The predicted octanol–water partition coefficient (Wildman–Crippen LogP) is 5.96. The summed E-state index contributed by atoms with van der Waals surface area (Å²) in [5.41, 5.74) is -0.503. The first-order valence-electron chi connectivity index (χ1n) is 8.23. The first-order chi connectivity index (χ1) is 13.8. The molecule has 0 unspecified atom stereocenters. The minimum atomic E-state index is -0.960. The Balaban J connectivity index is 0.00000320. The van der Waals surface area contributed by atoms with Crippen LogP contribution in [0.1, 0.15) is 5.56 Å². The molecule has 3 aromatic rings. The Labute approximate surface area is 205 Å². The van der Waals surface area contributed by atoms with Gasteiger partial charge in [0.15, 0.2) is 0 Å². The number of anilines is 4. The summed E-state index contributed by atoms with van der Waals surface area (Å²) in [6, 6.07) is 14.6. The van der Waals surface area contributed by atoms with Crippen LogP contribution in [0.3, 0.4) is 0 Å². The van der Waals surface area contributed by atoms with E-state index < -0.39 is 16.4 Å². The van der Waals surface area contributed by atoms with Gasteiger partial charge in [-0.3, -0.25) is 10.1 Å². The van der Waals surface area contributed by atoms with E-state index in [0.717, 1.165) is 9.64 Å². The molecule has 3 rings (SSSR count). The van der Waals surface area contributed by atoms with E-state index in [1.165, 1.54) is 11.9 Å². The van der Waals surface area contributed by atoms with Crippen molar-refractivity contribution >= 4 is 68.9 Å². The third-order valence-electron chi connectivity index (χ3n) is 4.20. The second kappa shape index (κ2) is 10.3. The number of hydrogen-bond donors (Lipinski definition) is 1. The molecule has 30 heavy (non-hydrogen) atoms. The van der Waals surface area contributed by atoms with Crippen LogP contribution in [0.5, 0.6) is 0 Å². The summed E-state index contributed by atoms with van der Waals surface area (Å²) in [5.74, 6) is -0.960. The number of hydrogen-bond acceptors (Lipinski definition) is 5. The van der Waals surface area contributed by atoms with Crippen LogP contribution in [-0.2, 0) is 25.9 Å². The van der Waals surface area contributed by atoms with Gasteiger partial charge < -0.3 is 15.0 Å². The number of halogens is 3. The van der Waals surface area contributed by atoms with Gasteiger partial charge in [0, 0.05) is 43.1 Å². The summed E-state index contributed by atoms with van der Waals surface area (Å²) in [6.07, 6.45) is 1.57. The third kappa shape index (κ3) is 4.99. The van der Waals surface area contributed by atoms with Crippen molar-refractivity contribution in [2.24, 2.45) is 0 Å². The van der Waals surface area contributed by atoms with E-state index in [1.807, 2.05) is 0 Å². The molecule has 0 saturated heterocycles. The zero-order valence-electron chi connectivity index (χ0n) is 15.4. The molecule has 0 bridgehead atoms. The van der Waals surface area contributed by atoms with Gasteiger partial charge in [0.2, 0.25) is 5.69 Å². The molecule has 0 amide bonds. The Morgan fingerprint density at radius 2 is 1.87 bits per heavy atom. The second-order valence-electron chi connectivity index (χ2n) is 5.98. The fraction of sp³-hybridized carbons (Fsp3) is 0.0500. The van der Waals surface area contributed by atoms with Crippen LogP contribution >= 0.6 is 34.2 Å². The Kier molecular flexibility index (Phi) is 8.34. The van der Waals surface area contributed by atoms with Crippen molar-refractivity contribution in [1.82, 2.24) is 0 Å². The molecular weight excluding hydrogens is 695 g/mol. The summed E-state index contributed by atoms with van der Waals surface area (Å²) < 4.78 is 16.4. The van der Waals surface area contributed by atoms with E-state index in [2.05, 4.69) is 27.9 Å². The van der Waals surface area contributed by atoms with E-state index in [4.69, 9.17) is 11.6 Å². The van der Waals surface area contributed by atoms with E-state index in [1.54, 1.807) is 54.8 Å². The normalized spacial score (nSPS) is 10.1. The van der Waals surface area contributed by atoms with Crippen molar-refractivity contribution in [3.05, 3.63) is 84.7 Å². The number of nitrogens with one attached hydrogen (secondary N) is 1. The van der Waals surface area contributed by atoms with Crippen molar-refractivity contribution in [2.45, 2.75) is 0 Å². The van der Waals surface area contributed by atoms with Crippen molar-refractivity contribution in [3.63, 3.8) is 0 Å². The predicted molar refractivity (Wildman–Crippen MR) is 120 cm³/mol. The number of nitro benzene ring substituents is 1. The Bertz CT molecular complexity index is 1100. The molecule has 1 N–H and O–H groups in total. The molecular formula is C20H13ClFIN3O3W-. The molecule has 0 aliphatic carbocycles. The van der Waals surface area contributed by atoms with E-state index in [-0.39, 0.29) is 38.0 Å². The van der Waals surface area contributed by atoms with E-state index in [0.29, 0.717) is 16.4 Å². The summed E-state index contributed by atoms with van der Waals surface area (Å²) in [4.78, 5) is 23.6. The number of carbonyl (C=O) groups excluding carboxylic acids is 1. The molecule has 3 aromatic carbocycles. The number of benzene rings is 3. The average molecular weight is 709 g/mol. The van der Waals surface area contributed by atoms with Gasteiger partial charge in [-0.2, -0.15) is 0 Å². The summed E-state index contributed by atoms with van der Waals surface area (Å²) in [5, 5.41) is 14.7. The van der Waals surface area contributed by atoms with Crippen LogP contribution < -0.4 is 10.2 Å². The maximum absolute atomic E-state index is 15.5. The largest absolute Gasteiger partial charge is 0.404 e. The molecule has 0 fully saturated rings. The number of rotatable bonds is 6. The Morgan fingerprint density at radius 3 is 2.43 bits per heavy atom. The molecule has 6 nitrogen and oxygen atoms in total. The first kappa shape index (κ1) is 24.2. The van der Waals surface area contributed by atoms with E-state index >= 15 is 4.39 Å². The Morgan fingerprint density at radius 1 is 1.20 bits per heavy atom.